The van der Waals surface area contributed by atoms with Gasteiger partial charge in [-0.15, -0.1) is 0 Å². The summed E-state index contributed by atoms with van der Waals surface area (Å²) in [5.41, 5.74) is 1.31. The molecule has 2 amide bonds. The van der Waals surface area contributed by atoms with Gasteiger partial charge in [-0.2, -0.15) is 0 Å². The lowest BCUT2D eigenvalue weighted by Crippen LogP contribution is -2.43. The van der Waals surface area contributed by atoms with E-state index in [1.54, 1.807) is 0 Å². The Morgan fingerprint density at radius 3 is 2.83 bits per heavy atom. The summed E-state index contributed by atoms with van der Waals surface area (Å²) in [6.07, 6.45) is 3.29. The molecule has 1 aliphatic carbocycles. The number of benzene rings is 1. The second-order valence-electron chi connectivity index (χ2n) is 7.19. The number of carbonyl (C=O) groups is 2. The zero-order chi connectivity index (χ0) is 16.5. The highest BCUT2D eigenvalue weighted by atomic mass is 16.5. The average Bonchev–Trinajstić information content (AvgIpc) is 3.33. The molecular formula is C19H24N2O3. The van der Waals surface area contributed by atoms with Crippen LogP contribution in [0.1, 0.15) is 37.2 Å². The summed E-state index contributed by atoms with van der Waals surface area (Å²) in [5.74, 6) is 0.616. The van der Waals surface area contributed by atoms with Crippen molar-refractivity contribution in [2.24, 2.45) is 5.92 Å². The number of rotatable bonds is 4. The van der Waals surface area contributed by atoms with E-state index in [1.807, 2.05) is 23.1 Å². The van der Waals surface area contributed by atoms with Crippen molar-refractivity contribution in [3.05, 3.63) is 35.9 Å². The Morgan fingerprint density at radius 2 is 2.08 bits per heavy atom. The average molecular weight is 328 g/mol. The molecule has 1 aromatic carbocycles. The molecule has 2 saturated heterocycles. The summed E-state index contributed by atoms with van der Waals surface area (Å²) in [6, 6.07) is 10.6. The molecule has 5 nitrogen and oxygen atoms in total. The Bertz CT molecular complexity index is 612. The van der Waals surface area contributed by atoms with Crippen LogP contribution in [0.15, 0.2) is 30.3 Å². The summed E-state index contributed by atoms with van der Waals surface area (Å²) < 4.78 is 5.38. The Balaban J connectivity index is 1.32. The van der Waals surface area contributed by atoms with E-state index >= 15 is 0 Å². The van der Waals surface area contributed by atoms with Crippen LogP contribution in [0, 0.1) is 5.92 Å². The number of nitrogens with zero attached hydrogens (tertiary/aromatic N) is 1. The molecule has 4 atom stereocenters. The molecule has 3 fully saturated rings. The zero-order valence-corrected chi connectivity index (χ0v) is 13.8. The molecule has 2 aliphatic heterocycles. The maximum absolute atomic E-state index is 12.4. The standard InChI is InChI=1S/C19H24N2O3/c22-18-9-15(20-19(23)14-7-4-8-24-12-14)11-21(18)17-10-16(17)13-5-2-1-3-6-13/h1-3,5-6,14-17H,4,7-12H2,(H,20,23)/t14-,15-,16-,17-/m1/s1. The fourth-order valence-electron chi connectivity index (χ4n) is 4.00. The molecule has 0 aromatic heterocycles. The number of likely N-dealkylation sites (tertiary alicyclic amines) is 1. The van der Waals surface area contributed by atoms with E-state index in [0.29, 0.717) is 31.5 Å². The second-order valence-corrected chi connectivity index (χ2v) is 7.19. The van der Waals surface area contributed by atoms with Gasteiger partial charge in [-0.05, 0) is 24.8 Å². The summed E-state index contributed by atoms with van der Waals surface area (Å²) in [5, 5.41) is 3.06. The molecule has 1 saturated carbocycles. The van der Waals surface area contributed by atoms with Crippen LogP contribution in [0.5, 0.6) is 0 Å². The van der Waals surface area contributed by atoms with Crippen molar-refractivity contribution < 1.29 is 14.3 Å². The van der Waals surface area contributed by atoms with Gasteiger partial charge >= 0.3 is 0 Å². The number of hydrogen-bond acceptors (Lipinski definition) is 3. The molecule has 4 rings (SSSR count). The van der Waals surface area contributed by atoms with E-state index in [-0.39, 0.29) is 23.8 Å². The molecular weight excluding hydrogens is 304 g/mol. The molecule has 3 aliphatic rings. The van der Waals surface area contributed by atoms with Crippen molar-refractivity contribution in [2.45, 2.75) is 43.7 Å². The van der Waals surface area contributed by atoms with E-state index < -0.39 is 0 Å². The SMILES string of the molecule is O=C(N[C@@H]1CC(=O)N([C@@H]2C[C@@H]2c2ccccc2)C1)[C@@H]1CCCOC1. The van der Waals surface area contributed by atoms with Crippen molar-refractivity contribution >= 4 is 11.8 Å². The minimum absolute atomic E-state index is 0.0461. The number of hydrogen-bond donors (Lipinski definition) is 1. The monoisotopic (exact) mass is 328 g/mol. The molecule has 128 valence electrons. The lowest BCUT2D eigenvalue weighted by atomic mass is 10.0. The Kier molecular flexibility index (Phi) is 4.27. The largest absolute Gasteiger partial charge is 0.381 e. The van der Waals surface area contributed by atoms with Crippen molar-refractivity contribution in [3.8, 4) is 0 Å². The van der Waals surface area contributed by atoms with E-state index in [1.165, 1.54) is 5.56 Å². The first-order valence-corrected chi connectivity index (χ1v) is 8.95. The topological polar surface area (TPSA) is 58.6 Å². The van der Waals surface area contributed by atoms with Crippen LogP contribution in [0.25, 0.3) is 0 Å². The third-order valence-corrected chi connectivity index (χ3v) is 5.42. The third kappa shape index (κ3) is 3.18. The van der Waals surface area contributed by atoms with Gasteiger partial charge in [0.1, 0.15) is 0 Å². The van der Waals surface area contributed by atoms with Crippen molar-refractivity contribution in [3.63, 3.8) is 0 Å². The fourth-order valence-corrected chi connectivity index (χ4v) is 4.00. The Hall–Kier alpha value is -1.88. The van der Waals surface area contributed by atoms with Gasteiger partial charge in [0, 0.05) is 31.5 Å². The quantitative estimate of drug-likeness (QED) is 0.915. The number of carbonyl (C=O) groups excluding carboxylic acids is 2. The molecule has 0 unspecified atom stereocenters. The van der Waals surface area contributed by atoms with E-state index in [2.05, 4.69) is 17.4 Å². The molecule has 0 bridgehead atoms. The highest BCUT2D eigenvalue weighted by Crippen LogP contribution is 2.45. The van der Waals surface area contributed by atoms with E-state index in [9.17, 15) is 9.59 Å². The first-order chi connectivity index (χ1) is 11.7. The second kappa shape index (κ2) is 6.55. The maximum atomic E-state index is 12.4. The number of nitrogens with one attached hydrogen (secondary N) is 1. The first-order valence-electron chi connectivity index (χ1n) is 8.95. The molecule has 0 radical (unpaired) electrons. The van der Waals surface area contributed by atoms with Crippen LogP contribution in [-0.4, -0.2) is 48.6 Å². The van der Waals surface area contributed by atoms with Crippen LogP contribution >= 0.6 is 0 Å². The molecule has 1 aromatic rings. The predicted molar refractivity (Wildman–Crippen MR) is 89.4 cm³/mol. The summed E-state index contributed by atoms with van der Waals surface area (Å²) in [7, 11) is 0. The van der Waals surface area contributed by atoms with Gasteiger partial charge in [0.15, 0.2) is 0 Å². The number of ether oxygens (including phenoxy) is 1. The Morgan fingerprint density at radius 1 is 1.25 bits per heavy atom. The molecule has 1 N–H and O–H groups in total. The van der Waals surface area contributed by atoms with Gasteiger partial charge in [-0.3, -0.25) is 9.59 Å². The van der Waals surface area contributed by atoms with Gasteiger partial charge in [-0.1, -0.05) is 30.3 Å². The normalized spacial score (nSPS) is 32.7. The zero-order valence-electron chi connectivity index (χ0n) is 13.8. The van der Waals surface area contributed by atoms with Gasteiger partial charge in [0.05, 0.1) is 18.6 Å². The van der Waals surface area contributed by atoms with Crippen LogP contribution in [0.2, 0.25) is 0 Å². The van der Waals surface area contributed by atoms with E-state index in [4.69, 9.17) is 4.74 Å². The highest BCUT2D eigenvalue weighted by molar-refractivity contribution is 5.83. The third-order valence-electron chi connectivity index (χ3n) is 5.42. The van der Waals surface area contributed by atoms with E-state index in [0.717, 1.165) is 25.9 Å². The lowest BCUT2D eigenvalue weighted by molar-refractivity contribution is -0.129. The van der Waals surface area contributed by atoms with Crippen molar-refractivity contribution in [1.29, 1.82) is 0 Å². The molecule has 0 spiro atoms. The van der Waals surface area contributed by atoms with Crippen molar-refractivity contribution in [1.82, 2.24) is 10.2 Å². The smallest absolute Gasteiger partial charge is 0.225 e. The highest BCUT2D eigenvalue weighted by Gasteiger charge is 2.48. The van der Waals surface area contributed by atoms with Gasteiger partial charge in [-0.25, -0.2) is 0 Å². The molecule has 5 heteroatoms. The van der Waals surface area contributed by atoms with Crippen LogP contribution in [-0.2, 0) is 14.3 Å². The van der Waals surface area contributed by atoms with Crippen molar-refractivity contribution in [2.75, 3.05) is 19.8 Å². The Labute approximate surface area is 142 Å². The van der Waals surface area contributed by atoms with Gasteiger partial charge in [0.2, 0.25) is 11.8 Å². The van der Waals surface area contributed by atoms with Gasteiger partial charge < -0.3 is 15.0 Å². The van der Waals surface area contributed by atoms with Crippen LogP contribution < -0.4 is 5.32 Å². The maximum Gasteiger partial charge on any atom is 0.225 e. The summed E-state index contributed by atoms with van der Waals surface area (Å²) >= 11 is 0. The minimum Gasteiger partial charge on any atom is -0.381 e. The number of amides is 2. The van der Waals surface area contributed by atoms with Crippen LogP contribution in [0.4, 0.5) is 0 Å². The predicted octanol–water partition coefficient (Wildman–Crippen LogP) is 1.69. The summed E-state index contributed by atoms with van der Waals surface area (Å²) in [6.45, 7) is 1.91. The molecule has 24 heavy (non-hydrogen) atoms. The van der Waals surface area contributed by atoms with Crippen LogP contribution in [0.3, 0.4) is 0 Å². The summed E-state index contributed by atoms with van der Waals surface area (Å²) in [4.78, 5) is 26.6. The fraction of sp³-hybridized carbons (Fsp3) is 0.579. The lowest BCUT2D eigenvalue weighted by Gasteiger charge is -2.23. The molecule has 2 heterocycles. The first kappa shape index (κ1) is 15.6. The minimum atomic E-state index is -0.0547. The van der Waals surface area contributed by atoms with Gasteiger partial charge in [0.25, 0.3) is 0 Å².